The molecule has 2 aliphatic heterocycles. The van der Waals surface area contributed by atoms with E-state index in [0.29, 0.717) is 25.1 Å². The van der Waals surface area contributed by atoms with Gasteiger partial charge in [0.1, 0.15) is 5.75 Å². The second-order valence-electron chi connectivity index (χ2n) is 7.12. The highest BCUT2D eigenvalue weighted by atomic mass is 16.5. The molecule has 2 aliphatic rings. The van der Waals surface area contributed by atoms with Crippen molar-refractivity contribution in [2.24, 2.45) is 0 Å². The summed E-state index contributed by atoms with van der Waals surface area (Å²) in [5, 5.41) is 0. The van der Waals surface area contributed by atoms with Crippen LogP contribution in [0.2, 0.25) is 0 Å². The number of nitrogens with zero attached hydrogens (tertiary/aromatic N) is 2. The molecule has 26 heavy (non-hydrogen) atoms. The number of amides is 2. The zero-order chi connectivity index (χ0) is 18.5. The number of rotatable bonds is 2. The topological polar surface area (TPSA) is 49.9 Å². The molecule has 4 rings (SSSR count). The van der Waals surface area contributed by atoms with Crippen LogP contribution in [0.4, 0.5) is 5.69 Å². The molecule has 0 aromatic heterocycles. The fraction of sp³-hybridized carbons (Fsp3) is 0.333. The third-order valence-corrected chi connectivity index (χ3v) is 5.73. The Bertz CT molecular complexity index is 908. The van der Waals surface area contributed by atoms with E-state index in [1.807, 2.05) is 54.3 Å². The molecule has 2 heterocycles. The molecule has 5 nitrogen and oxygen atoms in total. The van der Waals surface area contributed by atoms with Crippen LogP contribution in [0.25, 0.3) is 0 Å². The van der Waals surface area contributed by atoms with E-state index in [9.17, 15) is 9.59 Å². The van der Waals surface area contributed by atoms with Gasteiger partial charge in [0.15, 0.2) is 0 Å². The molecule has 0 N–H and O–H groups in total. The van der Waals surface area contributed by atoms with Crippen molar-refractivity contribution >= 4 is 17.5 Å². The first-order valence-corrected chi connectivity index (χ1v) is 8.79. The van der Waals surface area contributed by atoms with Gasteiger partial charge in [-0.05, 0) is 48.7 Å². The van der Waals surface area contributed by atoms with Gasteiger partial charge in [-0.15, -0.1) is 0 Å². The number of likely N-dealkylation sites (N-methyl/N-ethyl adjacent to an activating group) is 1. The van der Waals surface area contributed by atoms with Gasteiger partial charge in [-0.1, -0.05) is 18.2 Å². The quantitative estimate of drug-likeness (QED) is 0.837. The van der Waals surface area contributed by atoms with Gasteiger partial charge >= 0.3 is 0 Å². The van der Waals surface area contributed by atoms with E-state index >= 15 is 0 Å². The highest BCUT2D eigenvalue weighted by Gasteiger charge is 2.54. The van der Waals surface area contributed by atoms with E-state index in [0.717, 1.165) is 22.6 Å². The van der Waals surface area contributed by atoms with Gasteiger partial charge in [-0.25, -0.2) is 0 Å². The van der Waals surface area contributed by atoms with Crippen LogP contribution in [-0.4, -0.2) is 44.0 Å². The van der Waals surface area contributed by atoms with Gasteiger partial charge < -0.3 is 14.5 Å². The summed E-state index contributed by atoms with van der Waals surface area (Å²) in [7, 11) is 3.42. The van der Waals surface area contributed by atoms with Gasteiger partial charge in [0.2, 0.25) is 5.91 Å². The number of methoxy groups -OCH3 is 1. The monoisotopic (exact) mass is 350 g/mol. The number of carbonyl (C=O) groups excluding carboxylic acids is 2. The molecule has 0 radical (unpaired) electrons. The summed E-state index contributed by atoms with van der Waals surface area (Å²) in [5.74, 6) is 0.780. The van der Waals surface area contributed by atoms with Crippen LogP contribution in [0.5, 0.6) is 5.75 Å². The van der Waals surface area contributed by atoms with Gasteiger partial charge in [0.05, 0.1) is 12.5 Å². The van der Waals surface area contributed by atoms with Crippen LogP contribution in [0.1, 0.15) is 27.9 Å². The molecular weight excluding hydrogens is 328 g/mol. The SMILES string of the molecule is COc1ccc2c(c1)C1(CCN(C(=O)c3ccccc3C)C1)C(=O)N2C. The molecule has 2 aromatic rings. The maximum Gasteiger partial charge on any atom is 0.254 e. The summed E-state index contributed by atoms with van der Waals surface area (Å²) in [6.45, 7) is 2.92. The minimum absolute atomic E-state index is 0.00762. The Morgan fingerprint density at radius 3 is 2.69 bits per heavy atom. The number of fused-ring (bicyclic) bond motifs is 2. The lowest BCUT2D eigenvalue weighted by Gasteiger charge is -2.24. The zero-order valence-electron chi connectivity index (χ0n) is 15.3. The van der Waals surface area contributed by atoms with Gasteiger partial charge in [0.25, 0.3) is 5.91 Å². The molecular formula is C21H22N2O3. The molecule has 1 unspecified atom stereocenters. The summed E-state index contributed by atoms with van der Waals surface area (Å²) in [6, 6.07) is 13.3. The molecule has 1 atom stereocenters. The molecule has 0 aliphatic carbocycles. The lowest BCUT2D eigenvalue weighted by atomic mass is 9.81. The van der Waals surface area contributed by atoms with Gasteiger partial charge in [0, 0.05) is 31.4 Å². The van der Waals surface area contributed by atoms with Gasteiger partial charge in [-0.2, -0.15) is 0 Å². The highest BCUT2D eigenvalue weighted by molar-refractivity contribution is 6.09. The lowest BCUT2D eigenvalue weighted by Crippen LogP contribution is -2.42. The summed E-state index contributed by atoms with van der Waals surface area (Å²) in [6.07, 6.45) is 0.633. The first-order chi connectivity index (χ1) is 12.5. The van der Waals surface area contributed by atoms with E-state index in [2.05, 4.69) is 0 Å². The minimum Gasteiger partial charge on any atom is -0.497 e. The fourth-order valence-corrected chi connectivity index (χ4v) is 4.22. The van der Waals surface area contributed by atoms with Crippen molar-refractivity contribution in [2.45, 2.75) is 18.8 Å². The van der Waals surface area contributed by atoms with Crippen molar-refractivity contribution < 1.29 is 14.3 Å². The largest absolute Gasteiger partial charge is 0.497 e. The second-order valence-corrected chi connectivity index (χ2v) is 7.12. The third kappa shape index (κ3) is 2.23. The Labute approximate surface area is 153 Å². The number of anilines is 1. The Kier molecular flexibility index (Phi) is 3.75. The number of carbonyl (C=O) groups is 2. The molecule has 1 spiro atoms. The van der Waals surface area contributed by atoms with Crippen molar-refractivity contribution in [3.8, 4) is 5.75 Å². The van der Waals surface area contributed by atoms with Crippen LogP contribution in [-0.2, 0) is 10.2 Å². The zero-order valence-corrected chi connectivity index (χ0v) is 15.3. The molecule has 0 saturated carbocycles. The number of likely N-dealkylation sites (tertiary alicyclic amines) is 1. The van der Waals surface area contributed by atoms with Crippen LogP contribution in [0.15, 0.2) is 42.5 Å². The minimum atomic E-state index is -0.670. The molecule has 134 valence electrons. The maximum atomic E-state index is 13.1. The predicted octanol–water partition coefficient (Wildman–Crippen LogP) is 2.76. The summed E-state index contributed by atoms with van der Waals surface area (Å²) in [5.41, 5.74) is 2.85. The first kappa shape index (κ1) is 16.6. The van der Waals surface area contributed by atoms with E-state index in [1.54, 1.807) is 19.1 Å². The average Bonchev–Trinajstić information content (AvgIpc) is 3.19. The van der Waals surface area contributed by atoms with Crippen molar-refractivity contribution in [3.05, 3.63) is 59.2 Å². The van der Waals surface area contributed by atoms with Crippen molar-refractivity contribution in [3.63, 3.8) is 0 Å². The van der Waals surface area contributed by atoms with E-state index in [-0.39, 0.29) is 11.8 Å². The predicted molar refractivity (Wildman–Crippen MR) is 99.8 cm³/mol. The van der Waals surface area contributed by atoms with E-state index in [4.69, 9.17) is 4.74 Å². The number of benzene rings is 2. The molecule has 2 aromatic carbocycles. The average molecular weight is 350 g/mol. The smallest absolute Gasteiger partial charge is 0.254 e. The summed E-state index contributed by atoms with van der Waals surface area (Å²) >= 11 is 0. The summed E-state index contributed by atoms with van der Waals surface area (Å²) < 4.78 is 5.36. The maximum absolute atomic E-state index is 13.1. The lowest BCUT2D eigenvalue weighted by molar-refractivity contribution is -0.122. The molecule has 5 heteroatoms. The van der Waals surface area contributed by atoms with Crippen LogP contribution < -0.4 is 9.64 Å². The molecule has 1 saturated heterocycles. The molecule has 0 bridgehead atoms. The normalized spacial score (nSPS) is 21.4. The number of aryl methyl sites for hydroxylation is 1. The van der Waals surface area contributed by atoms with Crippen LogP contribution in [0.3, 0.4) is 0 Å². The second kappa shape index (κ2) is 5.87. The fourth-order valence-electron chi connectivity index (χ4n) is 4.22. The molecule has 2 amide bonds. The van der Waals surface area contributed by atoms with E-state index in [1.165, 1.54) is 0 Å². The standard InChI is InChI=1S/C21H22N2O3/c1-14-6-4-5-7-16(14)19(24)23-11-10-21(13-23)17-12-15(26-3)8-9-18(17)22(2)20(21)25/h4-9,12H,10-11,13H2,1-3H3. The number of hydrogen-bond acceptors (Lipinski definition) is 3. The van der Waals surface area contributed by atoms with Crippen molar-refractivity contribution in [2.75, 3.05) is 32.1 Å². The third-order valence-electron chi connectivity index (χ3n) is 5.73. The Hall–Kier alpha value is -2.82. The molecule has 1 fully saturated rings. The Morgan fingerprint density at radius 2 is 1.96 bits per heavy atom. The van der Waals surface area contributed by atoms with Gasteiger partial charge in [-0.3, -0.25) is 9.59 Å². The van der Waals surface area contributed by atoms with E-state index < -0.39 is 5.41 Å². The van der Waals surface area contributed by atoms with Crippen molar-refractivity contribution in [1.82, 2.24) is 4.90 Å². The Morgan fingerprint density at radius 1 is 1.19 bits per heavy atom. The van der Waals surface area contributed by atoms with Crippen LogP contribution in [0, 0.1) is 6.92 Å². The number of ether oxygens (including phenoxy) is 1. The van der Waals surface area contributed by atoms with Crippen molar-refractivity contribution in [1.29, 1.82) is 0 Å². The first-order valence-electron chi connectivity index (χ1n) is 8.79. The summed E-state index contributed by atoms with van der Waals surface area (Å²) in [4.78, 5) is 29.6. The number of hydrogen-bond donors (Lipinski definition) is 0. The Balaban J connectivity index is 1.71. The highest BCUT2D eigenvalue weighted by Crippen LogP contribution is 2.48. The van der Waals surface area contributed by atoms with Crippen LogP contribution >= 0.6 is 0 Å².